The smallest absolute Gasteiger partial charge is 0.309 e. The standard InChI is InChI=1S/C37H51ClO3/c1-23(7-8-24-9-11-25(38)12-10-24)26-15-20-37(32(40)41)22-21-35(5)27(31(26)37)13-14-29-34(4)18-17-30(39)33(2,3)28(34)16-19-36(29,35)6/h7-12,26-31,39H,1,13-22H2,2-6H3,(H,40,41)/b8-7+/t26-,27+,28-,29+,30-,31+,34-,35+,36+,37-/m0/s1. The normalized spacial score (nSPS) is 46.7. The molecule has 0 unspecified atom stereocenters. The van der Waals surface area contributed by atoms with Crippen molar-refractivity contribution in [3.8, 4) is 0 Å². The van der Waals surface area contributed by atoms with E-state index in [1.54, 1.807) is 0 Å². The van der Waals surface area contributed by atoms with Crippen LogP contribution in [-0.4, -0.2) is 22.3 Å². The molecule has 224 valence electrons. The van der Waals surface area contributed by atoms with Gasteiger partial charge in [0.2, 0.25) is 0 Å². The van der Waals surface area contributed by atoms with E-state index in [4.69, 9.17) is 11.6 Å². The van der Waals surface area contributed by atoms with E-state index in [1.807, 2.05) is 24.3 Å². The molecule has 0 bridgehead atoms. The molecule has 0 spiro atoms. The fraction of sp³-hybridized carbons (Fsp3) is 0.703. The average molecular weight is 579 g/mol. The molecule has 1 aromatic rings. The second-order valence-corrected chi connectivity index (χ2v) is 16.6. The number of halogens is 1. The summed E-state index contributed by atoms with van der Waals surface area (Å²) in [6.45, 7) is 16.9. The zero-order valence-corrected chi connectivity index (χ0v) is 26.6. The molecule has 4 heteroatoms. The molecule has 6 rings (SSSR count). The molecule has 0 heterocycles. The molecule has 5 fully saturated rings. The minimum absolute atomic E-state index is 0.0537. The van der Waals surface area contributed by atoms with Gasteiger partial charge in [-0.1, -0.05) is 82.7 Å². The Morgan fingerprint density at radius 3 is 2.27 bits per heavy atom. The summed E-state index contributed by atoms with van der Waals surface area (Å²) in [5, 5.41) is 22.5. The Bertz CT molecular complexity index is 1250. The predicted octanol–water partition coefficient (Wildman–Crippen LogP) is 9.44. The summed E-state index contributed by atoms with van der Waals surface area (Å²) in [6, 6.07) is 7.85. The highest BCUT2D eigenvalue weighted by atomic mass is 35.5. The molecule has 0 saturated heterocycles. The molecule has 0 aliphatic heterocycles. The number of carboxylic acids is 1. The van der Waals surface area contributed by atoms with Crippen molar-refractivity contribution in [3.05, 3.63) is 53.1 Å². The van der Waals surface area contributed by atoms with Crippen LogP contribution in [-0.2, 0) is 4.79 Å². The molecule has 1 aromatic carbocycles. The SMILES string of the molecule is C=C(/C=C/c1ccc(Cl)cc1)[C@@H]1CC[C@]2(C(=O)O)CC[C@]3(C)[C@H](CC[C@@H]4[C@@]5(C)CC[C@H](O)C(C)(C)[C@@H]5CC[C@]43C)[C@@H]12. The molecule has 0 aromatic heterocycles. The Morgan fingerprint density at radius 1 is 0.878 bits per heavy atom. The second kappa shape index (κ2) is 9.71. The Balaban J connectivity index is 1.35. The van der Waals surface area contributed by atoms with Crippen molar-refractivity contribution in [1.29, 1.82) is 0 Å². The first kappa shape index (κ1) is 29.5. The van der Waals surface area contributed by atoms with Gasteiger partial charge >= 0.3 is 5.97 Å². The Hall–Kier alpha value is -1.58. The fourth-order valence-corrected chi connectivity index (χ4v) is 12.4. The number of aliphatic hydroxyl groups excluding tert-OH is 1. The largest absolute Gasteiger partial charge is 0.481 e. The van der Waals surface area contributed by atoms with E-state index in [-0.39, 0.29) is 39.6 Å². The molecule has 0 radical (unpaired) electrons. The summed E-state index contributed by atoms with van der Waals surface area (Å²) < 4.78 is 0. The zero-order valence-electron chi connectivity index (χ0n) is 25.9. The minimum Gasteiger partial charge on any atom is -0.481 e. The number of carbonyl (C=O) groups is 1. The van der Waals surface area contributed by atoms with Crippen LogP contribution >= 0.6 is 11.6 Å². The molecular formula is C37H51ClO3. The highest BCUT2D eigenvalue weighted by molar-refractivity contribution is 6.30. The third kappa shape index (κ3) is 4.03. The number of aliphatic hydroxyl groups is 1. The fourth-order valence-electron chi connectivity index (χ4n) is 12.3. The number of hydrogen-bond donors (Lipinski definition) is 2. The van der Waals surface area contributed by atoms with Crippen LogP contribution in [0.2, 0.25) is 5.02 Å². The first-order chi connectivity index (χ1) is 19.2. The predicted molar refractivity (Wildman–Crippen MR) is 167 cm³/mol. The van der Waals surface area contributed by atoms with Gasteiger partial charge in [-0.3, -0.25) is 4.79 Å². The van der Waals surface area contributed by atoms with Gasteiger partial charge in [-0.15, -0.1) is 0 Å². The third-order valence-corrected chi connectivity index (χ3v) is 14.9. The van der Waals surface area contributed by atoms with Crippen LogP contribution in [0.4, 0.5) is 0 Å². The van der Waals surface area contributed by atoms with Crippen molar-refractivity contribution < 1.29 is 15.0 Å². The van der Waals surface area contributed by atoms with Gasteiger partial charge in [-0.25, -0.2) is 0 Å². The van der Waals surface area contributed by atoms with Crippen molar-refractivity contribution >= 4 is 23.6 Å². The van der Waals surface area contributed by atoms with Gasteiger partial charge in [0, 0.05) is 5.02 Å². The number of aliphatic carboxylic acids is 1. The summed E-state index contributed by atoms with van der Waals surface area (Å²) in [5.74, 6) is 1.31. The van der Waals surface area contributed by atoms with E-state index in [2.05, 4.69) is 53.3 Å². The number of fused-ring (bicyclic) bond motifs is 7. The highest BCUT2D eigenvalue weighted by Gasteiger charge is 2.72. The monoisotopic (exact) mass is 578 g/mol. The van der Waals surface area contributed by atoms with Crippen LogP contribution in [0.5, 0.6) is 0 Å². The Morgan fingerprint density at radius 2 is 1.59 bits per heavy atom. The molecule has 5 aliphatic carbocycles. The Labute approximate surface area is 252 Å². The van der Waals surface area contributed by atoms with E-state index in [1.165, 1.54) is 19.3 Å². The summed E-state index contributed by atoms with van der Waals surface area (Å²) in [4.78, 5) is 13.1. The lowest BCUT2D eigenvalue weighted by molar-refractivity contribution is -0.248. The van der Waals surface area contributed by atoms with E-state index in [0.717, 1.165) is 61.1 Å². The van der Waals surface area contributed by atoms with Crippen LogP contribution < -0.4 is 0 Å². The number of allylic oxidation sites excluding steroid dienone is 2. The van der Waals surface area contributed by atoms with Gasteiger partial charge in [-0.2, -0.15) is 0 Å². The van der Waals surface area contributed by atoms with Crippen molar-refractivity contribution in [1.82, 2.24) is 0 Å². The van der Waals surface area contributed by atoms with Crippen LogP contribution in [0.15, 0.2) is 42.5 Å². The number of carboxylic acid groups (broad SMARTS) is 1. The van der Waals surface area contributed by atoms with Gasteiger partial charge in [0.05, 0.1) is 11.5 Å². The van der Waals surface area contributed by atoms with E-state index < -0.39 is 11.4 Å². The first-order valence-electron chi connectivity index (χ1n) is 16.2. The first-order valence-corrected chi connectivity index (χ1v) is 16.6. The summed E-state index contributed by atoms with van der Waals surface area (Å²) in [5.41, 5.74) is 2.00. The van der Waals surface area contributed by atoms with Crippen LogP contribution in [0.25, 0.3) is 6.08 Å². The van der Waals surface area contributed by atoms with Crippen LogP contribution in [0, 0.1) is 56.7 Å². The maximum atomic E-state index is 13.1. The summed E-state index contributed by atoms with van der Waals surface area (Å²) >= 11 is 6.10. The third-order valence-electron chi connectivity index (χ3n) is 14.7. The van der Waals surface area contributed by atoms with Crippen LogP contribution in [0.3, 0.4) is 0 Å². The maximum Gasteiger partial charge on any atom is 0.309 e. The second-order valence-electron chi connectivity index (χ2n) is 16.1. The van der Waals surface area contributed by atoms with E-state index in [9.17, 15) is 15.0 Å². The number of hydrogen-bond acceptors (Lipinski definition) is 2. The molecule has 2 N–H and O–H groups in total. The molecular weight excluding hydrogens is 528 g/mol. The van der Waals surface area contributed by atoms with Gasteiger partial charge in [0.15, 0.2) is 0 Å². The lowest BCUT2D eigenvalue weighted by Gasteiger charge is -2.72. The quantitative estimate of drug-likeness (QED) is 0.350. The lowest BCUT2D eigenvalue weighted by Crippen LogP contribution is -2.67. The lowest BCUT2D eigenvalue weighted by atomic mass is 9.32. The number of benzene rings is 1. The van der Waals surface area contributed by atoms with Crippen molar-refractivity contribution in [2.75, 3.05) is 0 Å². The highest BCUT2D eigenvalue weighted by Crippen LogP contribution is 2.77. The van der Waals surface area contributed by atoms with Gasteiger partial charge < -0.3 is 10.2 Å². The van der Waals surface area contributed by atoms with Crippen molar-refractivity contribution in [2.24, 2.45) is 56.7 Å². The minimum atomic E-state index is -0.632. The summed E-state index contributed by atoms with van der Waals surface area (Å²) in [7, 11) is 0. The summed E-state index contributed by atoms with van der Waals surface area (Å²) in [6.07, 6.45) is 14.2. The molecule has 10 atom stereocenters. The molecule has 3 nitrogen and oxygen atoms in total. The maximum absolute atomic E-state index is 13.1. The van der Waals surface area contributed by atoms with Gasteiger partial charge in [0.1, 0.15) is 0 Å². The average Bonchev–Trinajstić information content (AvgIpc) is 3.32. The van der Waals surface area contributed by atoms with Crippen molar-refractivity contribution in [2.45, 2.75) is 105 Å². The zero-order chi connectivity index (χ0) is 29.6. The van der Waals surface area contributed by atoms with Crippen molar-refractivity contribution in [3.63, 3.8) is 0 Å². The molecule has 0 amide bonds. The molecule has 5 saturated carbocycles. The van der Waals surface area contributed by atoms with E-state index >= 15 is 0 Å². The topological polar surface area (TPSA) is 57.5 Å². The van der Waals surface area contributed by atoms with E-state index in [0.29, 0.717) is 17.8 Å². The van der Waals surface area contributed by atoms with Gasteiger partial charge in [0.25, 0.3) is 0 Å². The van der Waals surface area contributed by atoms with Gasteiger partial charge in [-0.05, 0) is 133 Å². The molecule has 41 heavy (non-hydrogen) atoms. The number of rotatable bonds is 4. The van der Waals surface area contributed by atoms with Crippen LogP contribution in [0.1, 0.15) is 104 Å². The Kier molecular flexibility index (Phi) is 6.99. The molecule has 5 aliphatic rings.